The number of esters is 1. The molecular formula is C15H18N2O3. The second kappa shape index (κ2) is 5.77. The maximum atomic E-state index is 11.8. The molecule has 5 heteroatoms. The van der Waals surface area contributed by atoms with Crippen LogP contribution in [0.2, 0.25) is 0 Å². The van der Waals surface area contributed by atoms with Crippen molar-refractivity contribution in [3.05, 3.63) is 36.0 Å². The van der Waals surface area contributed by atoms with Gasteiger partial charge in [0.2, 0.25) is 5.91 Å². The zero-order chi connectivity index (χ0) is 14.7. The molecule has 0 bridgehead atoms. The van der Waals surface area contributed by atoms with Crippen molar-refractivity contribution in [1.29, 1.82) is 0 Å². The number of aryl methyl sites for hydroxylation is 1. The van der Waals surface area contributed by atoms with E-state index in [1.807, 2.05) is 42.1 Å². The lowest BCUT2D eigenvalue weighted by Gasteiger charge is -2.14. The van der Waals surface area contributed by atoms with Crippen LogP contribution in [-0.2, 0) is 27.8 Å². The molecule has 0 aliphatic carbocycles. The summed E-state index contributed by atoms with van der Waals surface area (Å²) in [5.74, 6) is -0.686. The van der Waals surface area contributed by atoms with E-state index >= 15 is 0 Å². The molecule has 0 saturated carbocycles. The average Bonchev–Trinajstić information content (AvgIpc) is 2.74. The first-order chi connectivity index (χ1) is 9.52. The third-order valence-corrected chi connectivity index (χ3v) is 3.27. The number of aromatic nitrogens is 1. The van der Waals surface area contributed by atoms with Gasteiger partial charge in [-0.3, -0.25) is 4.79 Å². The fourth-order valence-electron chi connectivity index (χ4n) is 2.39. The molecule has 0 unspecified atom stereocenters. The van der Waals surface area contributed by atoms with Crippen LogP contribution < -0.4 is 5.32 Å². The number of carbonyl (C=O) groups excluding carboxylic acids is 2. The molecule has 1 atom stereocenters. The van der Waals surface area contributed by atoms with Crippen LogP contribution >= 0.6 is 0 Å². The van der Waals surface area contributed by atoms with Crippen LogP contribution in [0.1, 0.15) is 12.5 Å². The normalized spacial score (nSPS) is 12.2. The Morgan fingerprint density at radius 2 is 2.05 bits per heavy atom. The van der Waals surface area contributed by atoms with Gasteiger partial charge in [0, 0.05) is 37.5 Å². The molecule has 1 aromatic heterocycles. The number of ether oxygens (including phenoxy) is 1. The number of carbonyl (C=O) groups is 2. The highest BCUT2D eigenvalue weighted by molar-refractivity contribution is 5.87. The number of fused-ring (bicyclic) bond motifs is 1. The van der Waals surface area contributed by atoms with E-state index in [1.165, 1.54) is 14.0 Å². The molecule has 1 N–H and O–H groups in total. The fourth-order valence-corrected chi connectivity index (χ4v) is 2.39. The van der Waals surface area contributed by atoms with Crippen LogP contribution in [-0.4, -0.2) is 29.6 Å². The molecule has 0 aliphatic heterocycles. The summed E-state index contributed by atoms with van der Waals surface area (Å²) in [5, 5.41) is 3.71. The molecule has 0 fully saturated rings. The van der Waals surface area contributed by atoms with Gasteiger partial charge in [0.15, 0.2) is 0 Å². The number of amides is 1. The molecule has 0 saturated heterocycles. The predicted molar refractivity (Wildman–Crippen MR) is 76.2 cm³/mol. The summed E-state index contributed by atoms with van der Waals surface area (Å²) in [4.78, 5) is 23.0. The highest BCUT2D eigenvalue weighted by atomic mass is 16.5. The minimum atomic E-state index is -0.664. The number of benzene rings is 1. The summed E-state index contributed by atoms with van der Waals surface area (Å²) < 4.78 is 6.75. The Labute approximate surface area is 117 Å². The summed E-state index contributed by atoms with van der Waals surface area (Å²) in [6.07, 6.45) is 2.38. The second-order valence-electron chi connectivity index (χ2n) is 4.76. The molecule has 106 valence electrons. The van der Waals surface area contributed by atoms with E-state index < -0.39 is 12.0 Å². The Balaban J connectivity index is 2.33. The van der Waals surface area contributed by atoms with Gasteiger partial charge in [0.05, 0.1) is 7.11 Å². The zero-order valence-corrected chi connectivity index (χ0v) is 11.8. The molecule has 0 aliphatic rings. The van der Waals surface area contributed by atoms with Gasteiger partial charge in [-0.2, -0.15) is 0 Å². The summed E-state index contributed by atoms with van der Waals surface area (Å²) in [6, 6.07) is 7.29. The Hall–Kier alpha value is -2.30. The molecule has 5 nitrogen and oxygen atoms in total. The molecule has 20 heavy (non-hydrogen) atoms. The third-order valence-electron chi connectivity index (χ3n) is 3.27. The van der Waals surface area contributed by atoms with Gasteiger partial charge in [0.1, 0.15) is 6.04 Å². The minimum absolute atomic E-state index is 0.249. The molecule has 1 amide bonds. The van der Waals surface area contributed by atoms with Gasteiger partial charge in [-0.15, -0.1) is 0 Å². The summed E-state index contributed by atoms with van der Waals surface area (Å²) in [6.45, 7) is 1.39. The summed E-state index contributed by atoms with van der Waals surface area (Å²) >= 11 is 0. The Morgan fingerprint density at radius 1 is 1.35 bits per heavy atom. The van der Waals surface area contributed by atoms with Gasteiger partial charge in [-0.1, -0.05) is 18.2 Å². The van der Waals surface area contributed by atoms with E-state index in [4.69, 9.17) is 4.74 Å². The molecular weight excluding hydrogens is 256 g/mol. The van der Waals surface area contributed by atoms with E-state index in [0.29, 0.717) is 6.42 Å². The van der Waals surface area contributed by atoms with E-state index in [9.17, 15) is 9.59 Å². The fraction of sp³-hybridized carbons (Fsp3) is 0.333. The first kappa shape index (κ1) is 14.1. The van der Waals surface area contributed by atoms with Crippen molar-refractivity contribution >= 4 is 22.8 Å². The largest absolute Gasteiger partial charge is 0.467 e. The zero-order valence-electron chi connectivity index (χ0n) is 11.8. The van der Waals surface area contributed by atoms with Gasteiger partial charge in [-0.25, -0.2) is 4.79 Å². The molecule has 1 aromatic carbocycles. The second-order valence-corrected chi connectivity index (χ2v) is 4.76. The van der Waals surface area contributed by atoms with Crippen LogP contribution in [0.3, 0.4) is 0 Å². The third kappa shape index (κ3) is 2.82. The van der Waals surface area contributed by atoms with Gasteiger partial charge < -0.3 is 14.6 Å². The lowest BCUT2D eigenvalue weighted by atomic mass is 10.1. The average molecular weight is 274 g/mol. The Bertz CT molecular complexity index is 646. The monoisotopic (exact) mass is 274 g/mol. The smallest absolute Gasteiger partial charge is 0.328 e. The lowest BCUT2D eigenvalue weighted by Crippen LogP contribution is -2.41. The van der Waals surface area contributed by atoms with Crippen molar-refractivity contribution in [3.8, 4) is 0 Å². The van der Waals surface area contributed by atoms with Crippen molar-refractivity contribution in [2.45, 2.75) is 19.4 Å². The van der Waals surface area contributed by atoms with Crippen molar-refractivity contribution in [1.82, 2.24) is 9.88 Å². The maximum absolute atomic E-state index is 11.8. The van der Waals surface area contributed by atoms with Crippen molar-refractivity contribution in [2.75, 3.05) is 7.11 Å². The Kier molecular flexibility index (Phi) is 4.08. The highest BCUT2D eigenvalue weighted by Gasteiger charge is 2.22. The standard InChI is InChI=1S/C15H18N2O3/c1-10(18)16-13(15(19)20-3)8-11-9-17(2)14-7-5-4-6-12(11)14/h4-7,9,13H,8H2,1-3H3,(H,16,18)/t13-/m0/s1. The van der Waals surface area contributed by atoms with Crippen molar-refractivity contribution in [3.63, 3.8) is 0 Å². The first-order valence-electron chi connectivity index (χ1n) is 6.40. The highest BCUT2D eigenvalue weighted by Crippen LogP contribution is 2.21. The quantitative estimate of drug-likeness (QED) is 0.857. The number of nitrogens with zero attached hydrogens (tertiary/aromatic N) is 1. The number of rotatable bonds is 4. The van der Waals surface area contributed by atoms with Crippen molar-refractivity contribution < 1.29 is 14.3 Å². The number of methoxy groups -OCH3 is 1. The van der Waals surface area contributed by atoms with Gasteiger partial charge >= 0.3 is 5.97 Å². The summed E-state index contributed by atoms with van der Waals surface area (Å²) in [5.41, 5.74) is 2.10. The van der Waals surface area contributed by atoms with E-state index in [2.05, 4.69) is 5.32 Å². The SMILES string of the molecule is COC(=O)[C@H](Cc1cn(C)c2ccccc12)NC(C)=O. The van der Waals surface area contributed by atoms with Gasteiger partial charge in [0.25, 0.3) is 0 Å². The van der Waals surface area contributed by atoms with Gasteiger partial charge in [-0.05, 0) is 11.6 Å². The first-order valence-corrected chi connectivity index (χ1v) is 6.40. The van der Waals surface area contributed by atoms with E-state index in [1.54, 1.807) is 0 Å². The number of hydrogen-bond donors (Lipinski definition) is 1. The number of hydrogen-bond acceptors (Lipinski definition) is 3. The number of nitrogens with one attached hydrogen (secondary N) is 1. The minimum Gasteiger partial charge on any atom is -0.467 e. The lowest BCUT2D eigenvalue weighted by molar-refractivity contribution is -0.144. The van der Waals surface area contributed by atoms with E-state index in [0.717, 1.165) is 16.5 Å². The van der Waals surface area contributed by atoms with Crippen molar-refractivity contribution in [2.24, 2.45) is 7.05 Å². The Morgan fingerprint density at radius 3 is 2.70 bits per heavy atom. The topological polar surface area (TPSA) is 60.3 Å². The van der Waals surface area contributed by atoms with Crippen LogP contribution in [0, 0.1) is 0 Å². The molecule has 1 heterocycles. The van der Waals surface area contributed by atoms with Crippen LogP contribution in [0.15, 0.2) is 30.5 Å². The molecule has 0 radical (unpaired) electrons. The number of para-hydroxylation sites is 1. The van der Waals surface area contributed by atoms with Crippen LogP contribution in [0.5, 0.6) is 0 Å². The van der Waals surface area contributed by atoms with E-state index in [-0.39, 0.29) is 5.91 Å². The predicted octanol–water partition coefficient (Wildman–Crippen LogP) is 1.40. The molecule has 2 aromatic rings. The van der Waals surface area contributed by atoms with Crippen LogP contribution in [0.4, 0.5) is 0 Å². The van der Waals surface area contributed by atoms with Crippen LogP contribution in [0.25, 0.3) is 10.9 Å². The summed E-state index contributed by atoms with van der Waals surface area (Å²) in [7, 11) is 3.28. The maximum Gasteiger partial charge on any atom is 0.328 e. The molecule has 2 rings (SSSR count). The molecule has 0 spiro atoms.